The fourth-order valence-corrected chi connectivity index (χ4v) is 0.476. The van der Waals surface area contributed by atoms with Gasteiger partial charge < -0.3 is 20.2 Å². The van der Waals surface area contributed by atoms with Crippen LogP contribution in [-0.2, 0) is 0 Å². The first kappa shape index (κ1) is 10.9. The Balaban J connectivity index is 0.000000261. The van der Waals surface area contributed by atoms with Gasteiger partial charge in [0.2, 0.25) is 0 Å². The van der Waals surface area contributed by atoms with E-state index in [9.17, 15) is 4.39 Å². The van der Waals surface area contributed by atoms with Crippen molar-refractivity contribution in [3.05, 3.63) is 30.1 Å². The summed E-state index contributed by atoms with van der Waals surface area (Å²) in [6.45, 7) is 0. The summed E-state index contributed by atoms with van der Waals surface area (Å²) in [6, 6.07) is 5.20. The molecule has 4 nitrogen and oxygen atoms in total. The Morgan fingerprint density at radius 3 is 1.92 bits per heavy atom. The quantitative estimate of drug-likeness (QED) is 0.399. The largest absolute Gasteiger partial charge is 0.631 e. The van der Waals surface area contributed by atoms with Gasteiger partial charge in [0.05, 0.1) is 0 Å². The zero-order chi connectivity index (χ0) is 9.56. The minimum absolute atomic E-state index is 0.0370. The van der Waals surface area contributed by atoms with Crippen molar-refractivity contribution in [1.82, 2.24) is 0 Å². The molecule has 0 unspecified atom stereocenters. The second-order valence-corrected chi connectivity index (χ2v) is 1.83. The van der Waals surface area contributed by atoms with E-state index in [0.29, 0.717) is 0 Å². The molecular formula is C6H8BFO4. The Morgan fingerprint density at radius 1 is 1.17 bits per heavy atom. The van der Waals surface area contributed by atoms with E-state index >= 15 is 0 Å². The first-order valence-electron chi connectivity index (χ1n) is 3.01. The van der Waals surface area contributed by atoms with Crippen molar-refractivity contribution in [2.75, 3.05) is 0 Å². The Kier molecular flexibility index (Phi) is 5.02. The summed E-state index contributed by atoms with van der Waals surface area (Å²) >= 11 is 0. The number of phenols is 1. The van der Waals surface area contributed by atoms with Crippen LogP contribution in [0.5, 0.6) is 5.75 Å². The Bertz CT molecular complexity index is 211. The molecule has 0 fully saturated rings. The molecule has 0 amide bonds. The predicted octanol–water partition coefficient (Wildman–Crippen LogP) is -0.520. The van der Waals surface area contributed by atoms with Crippen LogP contribution in [0.2, 0.25) is 0 Å². The van der Waals surface area contributed by atoms with Crippen LogP contribution in [0.4, 0.5) is 4.39 Å². The maximum atomic E-state index is 12.0. The van der Waals surface area contributed by atoms with Crippen molar-refractivity contribution in [3.63, 3.8) is 0 Å². The van der Waals surface area contributed by atoms with Gasteiger partial charge in [-0.05, 0) is 12.1 Å². The van der Waals surface area contributed by atoms with Gasteiger partial charge in [-0.1, -0.05) is 6.07 Å². The molecule has 0 bridgehead atoms. The zero-order valence-corrected chi connectivity index (χ0v) is 6.05. The van der Waals surface area contributed by atoms with Crippen LogP contribution in [0.3, 0.4) is 0 Å². The van der Waals surface area contributed by atoms with Crippen molar-refractivity contribution >= 4 is 7.32 Å². The van der Waals surface area contributed by atoms with Gasteiger partial charge in [-0.3, -0.25) is 0 Å². The number of hydrogen-bond donors (Lipinski definition) is 4. The van der Waals surface area contributed by atoms with E-state index < -0.39 is 13.1 Å². The second kappa shape index (κ2) is 5.53. The first-order chi connectivity index (χ1) is 5.52. The maximum Gasteiger partial charge on any atom is 0.631 e. The molecule has 0 saturated carbocycles. The van der Waals surface area contributed by atoms with Crippen LogP contribution in [0.1, 0.15) is 0 Å². The normalized spacial score (nSPS) is 8.33. The van der Waals surface area contributed by atoms with Crippen LogP contribution >= 0.6 is 0 Å². The van der Waals surface area contributed by atoms with Crippen molar-refractivity contribution < 1.29 is 24.6 Å². The van der Waals surface area contributed by atoms with E-state index in [0.717, 1.165) is 6.07 Å². The molecule has 1 rings (SSSR count). The lowest BCUT2D eigenvalue weighted by atomic mass is 10.3. The van der Waals surface area contributed by atoms with Gasteiger partial charge in [-0.2, -0.15) is 0 Å². The molecule has 1 aromatic rings. The molecule has 12 heavy (non-hydrogen) atoms. The van der Waals surface area contributed by atoms with E-state index in [1.54, 1.807) is 0 Å². The molecule has 0 saturated heterocycles. The molecule has 6 heteroatoms. The fraction of sp³-hybridized carbons (Fsp3) is 0. The molecule has 0 spiro atoms. The number of halogens is 1. The minimum Gasteiger partial charge on any atom is -0.508 e. The van der Waals surface area contributed by atoms with Crippen LogP contribution in [0, 0.1) is 5.82 Å². The summed E-state index contributed by atoms with van der Waals surface area (Å²) in [5, 5.41) is 30.1. The van der Waals surface area contributed by atoms with Gasteiger partial charge >= 0.3 is 7.32 Å². The Morgan fingerprint density at radius 2 is 1.67 bits per heavy atom. The topological polar surface area (TPSA) is 80.9 Å². The summed E-state index contributed by atoms with van der Waals surface area (Å²) in [4.78, 5) is 0. The highest BCUT2D eigenvalue weighted by Crippen LogP contribution is 2.07. The lowest BCUT2D eigenvalue weighted by molar-refractivity contribution is 0.278. The lowest BCUT2D eigenvalue weighted by Crippen LogP contribution is -2.07. The van der Waals surface area contributed by atoms with Crippen LogP contribution in [0.15, 0.2) is 24.3 Å². The summed E-state index contributed by atoms with van der Waals surface area (Å²) in [7, 11) is -2.17. The molecular weight excluding hydrogens is 166 g/mol. The second-order valence-electron chi connectivity index (χ2n) is 1.83. The van der Waals surface area contributed by atoms with Crippen molar-refractivity contribution in [2.24, 2.45) is 0 Å². The van der Waals surface area contributed by atoms with Crippen LogP contribution in [0.25, 0.3) is 0 Å². The van der Waals surface area contributed by atoms with E-state index in [1.807, 2.05) is 0 Å². The minimum atomic E-state index is -2.17. The molecule has 0 aliphatic rings. The highest BCUT2D eigenvalue weighted by molar-refractivity contribution is 6.30. The van der Waals surface area contributed by atoms with Gasteiger partial charge in [0.25, 0.3) is 0 Å². The highest BCUT2D eigenvalue weighted by Gasteiger charge is 1.92. The van der Waals surface area contributed by atoms with E-state index in [-0.39, 0.29) is 5.75 Å². The summed E-state index contributed by atoms with van der Waals surface area (Å²) in [6.07, 6.45) is 0. The molecule has 0 aliphatic carbocycles. The molecule has 66 valence electrons. The third-order valence-corrected chi connectivity index (χ3v) is 0.808. The van der Waals surface area contributed by atoms with E-state index in [1.165, 1.54) is 18.2 Å². The zero-order valence-electron chi connectivity index (χ0n) is 6.05. The predicted molar refractivity (Wildman–Crippen MR) is 40.5 cm³/mol. The van der Waals surface area contributed by atoms with Gasteiger partial charge in [0.15, 0.2) is 0 Å². The van der Waals surface area contributed by atoms with Gasteiger partial charge in [0, 0.05) is 6.07 Å². The molecule has 4 N–H and O–H groups in total. The summed E-state index contributed by atoms with van der Waals surface area (Å²) in [5.41, 5.74) is 0. The number of rotatable bonds is 0. The first-order valence-corrected chi connectivity index (χ1v) is 3.01. The lowest BCUT2D eigenvalue weighted by Gasteiger charge is -1.86. The number of aromatic hydroxyl groups is 1. The number of phenolic OH excluding ortho intramolecular Hbond substituents is 1. The highest BCUT2D eigenvalue weighted by atomic mass is 19.1. The Labute approximate surface area is 68.7 Å². The average Bonchev–Trinajstić information content (AvgIpc) is 1.84. The van der Waals surface area contributed by atoms with E-state index in [4.69, 9.17) is 20.2 Å². The molecule has 1 aromatic carbocycles. The molecule has 0 aliphatic heterocycles. The van der Waals surface area contributed by atoms with E-state index in [2.05, 4.69) is 0 Å². The number of benzene rings is 1. The maximum absolute atomic E-state index is 12.0. The smallest absolute Gasteiger partial charge is 0.508 e. The molecule has 0 aromatic heterocycles. The van der Waals surface area contributed by atoms with Crippen molar-refractivity contribution in [3.8, 4) is 5.75 Å². The third-order valence-electron chi connectivity index (χ3n) is 0.808. The van der Waals surface area contributed by atoms with Gasteiger partial charge in [-0.15, -0.1) is 0 Å². The summed E-state index contributed by atoms with van der Waals surface area (Å²) < 4.78 is 12.0. The fourth-order valence-electron chi connectivity index (χ4n) is 0.476. The SMILES string of the molecule is OB(O)O.Oc1cccc(F)c1. The molecule has 0 heterocycles. The standard InChI is InChI=1S/C6H5FO.BH3O3/c7-5-2-1-3-6(8)4-5;2-1(3)4/h1-4,8H;2-4H. The average molecular weight is 174 g/mol. The van der Waals surface area contributed by atoms with Crippen molar-refractivity contribution in [1.29, 1.82) is 0 Å². The summed E-state index contributed by atoms with van der Waals surface area (Å²) in [5.74, 6) is -0.449. The van der Waals surface area contributed by atoms with Crippen LogP contribution in [-0.4, -0.2) is 27.5 Å². The molecule has 0 radical (unpaired) electrons. The number of hydrogen-bond acceptors (Lipinski definition) is 4. The Hall–Kier alpha value is -1.11. The van der Waals surface area contributed by atoms with Crippen LogP contribution < -0.4 is 0 Å². The van der Waals surface area contributed by atoms with Gasteiger partial charge in [-0.25, -0.2) is 4.39 Å². The molecule has 0 atom stereocenters. The monoisotopic (exact) mass is 174 g/mol. The van der Waals surface area contributed by atoms with Crippen molar-refractivity contribution in [2.45, 2.75) is 0 Å². The van der Waals surface area contributed by atoms with Gasteiger partial charge in [0.1, 0.15) is 11.6 Å². The third kappa shape index (κ3) is 7.01.